The van der Waals surface area contributed by atoms with Crippen molar-refractivity contribution in [1.29, 1.82) is 0 Å². The van der Waals surface area contributed by atoms with Crippen LogP contribution in [0.5, 0.6) is 0 Å². The van der Waals surface area contributed by atoms with Gasteiger partial charge in [0, 0.05) is 22.2 Å². The minimum Gasteiger partial charge on any atom is -0.263 e. The second-order valence-corrected chi connectivity index (χ2v) is 6.07. The number of nitrogens with zero attached hydrogens (tertiary/aromatic N) is 1. The summed E-state index contributed by atoms with van der Waals surface area (Å²) in [6, 6.07) is 8.04. The summed E-state index contributed by atoms with van der Waals surface area (Å²) in [5.74, 6) is 0. The van der Waals surface area contributed by atoms with Crippen LogP contribution in [0.2, 0.25) is 10.0 Å². The quantitative estimate of drug-likeness (QED) is 0.681. The van der Waals surface area contributed by atoms with E-state index in [4.69, 9.17) is 23.2 Å². The summed E-state index contributed by atoms with van der Waals surface area (Å²) in [4.78, 5) is 4.17. The molecule has 1 heterocycles. The molecule has 0 aliphatic rings. The standard InChI is InChI=1S/C14H12BrCl2N/c1-9-2-3-10(7-13(9)16)12(15)6-11-4-5-18-8-14(11)17/h2-5,7-8,12H,6H2,1H3. The first-order valence-corrected chi connectivity index (χ1v) is 7.23. The summed E-state index contributed by atoms with van der Waals surface area (Å²) in [5, 5.41) is 1.48. The Hall–Kier alpha value is -0.570. The van der Waals surface area contributed by atoms with Crippen LogP contribution in [0.3, 0.4) is 0 Å². The van der Waals surface area contributed by atoms with Crippen LogP contribution in [-0.2, 0) is 6.42 Å². The van der Waals surface area contributed by atoms with Crippen LogP contribution in [-0.4, -0.2) is 4.98 Å². The molecule has 18 heavy (non-hydrogen) atoms. The Morgan fingerprint density at radius 2 is 2.00 bits per heavy atom. The van der Waals surface area contributed by atoms with Gasteiger partial charge in [-0.3, -0.25) is 4.98 Å². The van der Waals surface area contributed by atoms with Crippen LogP contribution < -0.4 is 0 Å². The molecule has 0 saturated carbocycles. The molecular weight excluding hydrogens is 333 g/mol. The van der Waals surface area contributed by atoms with Gasteiger partial charge in [-0.2, -0.15) is 0 Å². The minimum atomic E-state index is 0.190. The largest absolute Gasteiger partial charge is 0.263 e. The SMILES string of the molecule is Cc1ccc(C(Br)Cc2ccncc2Cl)cc1Cl. The van der Waals surface area contributed by atoms with E-state index in [1.807, 2.05) is 25.1 Å². The van der Waals surface area contributed by atoms with Crippen molar-refractivity contribution in [2.75, 3.05) is 0 Å². The first-order valence-electron chi connectivity index (χ1n) is 5.56. The molecule has 1 unspecified atom stereocenters. The van der Waals surface area contributed by atoms with Crippen LogP contribution in [0.4, 0.5) is 0 Å². The number of pyridine rings is 1. The van der Waals surface area contributed by atoms with Crippen molar-refractivity contribution in [3.05, 3.63) is 63.4 Å². The molecule has 0 amide bonds. The third kappa shape index (κ3) is 3.25. The Balaban J connectivity index is 2.19. The molecule has 0 bridgehead atoms. The molecule has 0 radical (unpaired) electrons. The zero-order valence-electron chi connectivity index (χ0n) is 9.83. The highest BCUT2D eigenvalue weighted by Crippen LogP contribution is 2.31. The maximum atomic E-state index is 6.14. The van der Waals surface area contributed by atoms with E-state index in [1.165, 1.54) is 0 Å². The van der Waals surface area contributed by atoms with E-state index in [9.17, 15) is 0 Å². The Bertz CT molecular complexity index is 557. The van der Waals surface area contributed by atoms with Gasteiger partial charge in [-0.25, -0.2) is 0 Å². The zero-order valence-corrected chi connectivity index (χ0v) is 12.9. The lowest BCUT2D eigenvalue weighted by Crippen LogP contribution is -1.97. The maximum absolute atomic E-state index is 6.14. The van der Waals surface area contributed by atoms with Gasteiger partial charge < -0.3 is 0 Å². The molecule has 0 saturated heterocycles. The summed E-state index contributed by atoms with van der Waals surface area (Å²) in [7, 11) is 0. The van der Waals surface area contributed by atoms with Gasteiger partial charge >= 0.3 is 0 Å². The van der Waals surface area contributed by atoms with Gasteiger partial charge in [0.15, 0.2) is 0 Å². The van der Waals surface area contributed by atoms with Crippen molar-refractivity contribution < 1.29 is 0 Å². The zero-order chi connectivity index (χ0) is 13.1. The van der Waals surface area contributed by atoms with Crippen LogP contribution in [0.15, 0.2) is 36.7 Å². The van der Waals surface area contributed by atoms with Crippen molar-refractivity contribution in [1.82, 2.24) is 4.98 Å². The number of rotatable bonds is 3. The normalized spacial score (nSPS) is 12.4. The molecule has 2 rings (SSSR count). The second kappa shape index (κ2) is 6.05. The highest BCUT2D eigenvalue weighted by atomic mass is 79.9. The number of benzene rings is 1. The molecule has 1 nitrogen and oxygen atoms in total. The summed E-state index contributed by atoms with van der Waals surface area (Å²) in [5.41, 5.74) is 3.31. The van der Waals surface area contributed by atoms with Gasteiger partial charge in [-0.1, -0.05) is 51.3 Å². The highest BCUT2D eigenvalue weighted by Gasteiger charge is 2.11. The van der Waals surface area contributed by atoms with E-state index in [0.29, 0.717) is 5.02 Å². The molecule has 0 spiro atoms. The van der Waals surface area contributed by atoms with E-state index >= 15 is 0 Å². The number of alkyl halides is 1. The van der Waals surface area contributed by atoms with Crippen LogP contribution in [0.1, 0.15) is 21.5 Å². The van der Waals surface area contributed by atoms with Gasteiger partial charge in [-0.15, -0.1) is 0 Å². The number of aryl methyl sites for hydroxylation is 1. The predicted octanol–water partition coefficient (Wildman–Crippen LogP) is 5.38. The van der Waals surface area contributed by atoms with Crippen LogP contribution >= 0.6 is 39.1 Å². The van der Waals surface area contributed by atoms with Crippen molar-refractivity contribution >= 4 is 39.1 Å². The van der Waals surface area contributed by atoms with Crippen LogP contribution in [0, 0.1) is 6.92 Å². The molecular formula is C14H12BrCl2N. The third-order valence-corrected chi connectivity index (χ3v) is 4.41. The van der Waals surface area contributed by atoms with Crippen molar-refractivity contribution in [2.24, 2.45) is 0 Å². The maximum Gasteiger partial charge on any atom is 0.0621 e. The first kappa shape index (κ1) is 13.9. The summed E-state index contributed by atoms with van der Waals surface area (Å²) in [6.07, 6.45) is 4.22. The monoisotopic (exact) mass is 343 g/mol. The van der Waals surface area contributed by atoms with E-state index in [2.05, 4.69) is 27.0 Å². The number of aromatic nitrogens is 1. The minimum absolute atomic E-state index is 0.190. The van der Waals surface area contributed by atoms with Gasteiger partial charge in [0.1, 0.15) is 0 Å². The van der Waals surface area contributed by atoms with Crippen molar-refractivity contribution in [3.8, 4) is 0 Å². The fraction of sp³-hybridized carbons (Fsp3) is 0.214. The fourth-order valence-corrected chi connectivity index (χ4v) is 2.70. The average Bonchev–Trinajstić information content (AvgIpc) is 2.35. The molecule has 4 heteroatoms. The van der Waals surface area contributed by atoms with Gasteiger partial charge in [-0.05, 0) is 42.2 Å². The molecule has 94 valence electrons. The van der Waals surface area contributed by atoms with Gasteiger partial charge in [0.05, 0.1) is 5.02 Å². The lowest BCUT2D eigenvalue weighted by Gasteiger charge is -2.12. The molecule has 0 N–H and O–H groups in total. The molecule has 0 fully saturated rings. The Kier molecular flexibility index (Phi) is 4.66. The number of hydrogen-bond acceptors (Lipinski definition) is 1. The Morgan fingerprint density at radius 1 is 1.22 bits per heavy atom. The molecule has 0 aliphatic carbocycles. The Morgan fingerprint density at radius 3 is 2.67 bits per heavy atom. The topological polar surface area (TPSA) is 12.9 Å². The fourth-order valence-electron chi connectivity index (χ4n) is 1.68. The summed E-state index contributed by atoms with van der Waals surface area (Å²) < 4.78 is 0. The van der Waals surface area contributed by atoms with Gasteiger partial charge in [0.2, 0.25) is 0 Å². The molecule has 1 atom stereocenters. The molecule has 0 aliphatic heterocycles. The van der Waals surface area contributed by atoms with E-state index in [0.717, 1.165) is 28.1 Å². The molecule has 1 aromatic carbocycles. The lowest BCUT2D eigenvalue weighted by atomic mass is 10.0. The van der Waals surface area contributed by atoms with Crippen LogP contribution in [0.25, 0.3) is 0 Å². The summed E-state index contributed by atoms with van der Waals surface area (Å²) in [6.45, 7) is 2.00. The van der Waals surface area contributed by atoms with Crippen molar-refractivity contribution in [3.63, 3.8) is 0 Å². The second-order valence-electron chi connectivity index (χ2n) is 4.15. The van der Waals surface area contributed by atoms with Crippen molar-refractivity contribution in [2.45, 2.75) is 18.2 Å². The van der Waals surface area contributed by atoms with E-state index < -0.39 is 0 Å². The smallest absolute Gasteiger partial charge is 0.0621 e. The Labute approximate surface area is 125 Å². The van der Waals surface area contributed by atoms with E-state index in [-0.39, 0.29) is 4.83 Å². The first-order chi connectivity index (χ1) is 8.58. The third-order valence-electron chi connectivity index (χ3n) is 2.81. The predicted molar refractivity (Wildman–Crippen MR) is 80.8 cm³/mol. The number of hydrogen-bond donors (Lipinski definition) is 0. The molecule has 2 aromatic rings. The highest BCUT2D eigenvalue weighted by molar-refractivity contribution is 9.09. The molecule has 1 aromatic heterocycles. The lowest BCUT2D eigenvalue weighted by molar-refractivity contribution is 0.944. The average molecular weight is 345 g/mol. The summed E-state index contributed by atoms with van der Waals surface area (Å²) >= 11 is 15.9. The van der Waals surface area contributed by atoms with E-state index in [1.54, 1.807) is 12.4 Å². The number of halogens is 3. The van der Waals surface area contributed by atoms with Gasteiger partial charge in [0.25, 0.3) is 0 Å².